The van der Waals surface area contributed by atoms with E-state index >= 15 is 0 Å². The summed E-state index contributed by atoms with van der Waals surface area (Å²) in [6.45, 7) is 5.08. The number of hydrogen-bond donors (Lipinski definition) is 1. The van der Waals surface area contributed by atoms with E-state index < -0.39 is 28.5 Å². The van der Waals surface area contributed by atoms with E-state index in [2.05, 4.69) is 5.32 Å². The number of nitrogens with one attached hydrogen (secondary N) is 1. The molecule has 10 heteroatoms. The first-order chi connectivity index (χ1) is 18.9. The Morgan fingerprint density at radius 3 is 2.15 bits per heavy atom. The Balaban J connectivity index is 2.11. The second kappa shape index (κ2) is 14.0. The Morgan fingerprint density at radius 1 is 0.950 bits per heavy atom. The molecular formula is C30H35Cl2N3O4S. The van der Waals surface area contributed by atoms with Crippen molar-refractivity contribution in [1.29, 1.82) is 0 Å². The third-order valence-corrected chi connectivity index (χ3v) is 8.48. The number of sulfonamides is 1. The van der Waals surface area contributed by atoms with Gasteiger partial charge in [0, 0.05) is 34.6 Å². The summed E-state index contributed by atoms with van der Waals surface area (Å²) in [6, 6.07) is 20.2. The summed E-state index contributed by atoms with van der Waals surface area (Å²) >= 11 is 13.0. The predicted octanol–water partition coefficient (Wildman–Crippen LogP) is 5.62. The highest BCUT2D eigenvalue weighted by Crippen LogP contribution is 2.28. The van der Waals surface area contributed by atoms with E-state index in [1.54, 1.807) is 36.4 Å². The van der Waals surface area contributed by atoms with E-state index in [0.717, 1.165) is 21.7 Å². The van der Waals surface area contributed by atoms with Crippen LogP contribution in [-0.2, 0) is 32.6 Å². The summed E-state index contributed by atoms with van der Waals surface area (Å²) < 4.78 is 26.8. The molecular weight excluding hydrogens is 569 g/mol. The summed E-state index contributed by atoms with van der Waals surface area (Å²) in [7, 11) is -3.85. The first-order valence-electron chi connectivity index (χ1n) is 13.0. The van der Waals surface area contributed by atoms with Crippen molar-refractivity contribution < 1.29 is 18.0 Å². The Kier molecular flexibility index (Phi) is 11.0. The molecule has 3 aromatic rings. The molecule has 0 saturated carbocycles. The fraction of sp³-hybridized carbons (Fsp3) is 0.333. The maximum atomic E-state index is 14.1. The number of benzene rings is 3. The molecule has 214 valence electrons. The van der Waals surface area contributed by atoms with Gasteiger partial charge >= 0.3 is 0 Å². The predicted molar refractivity (Wildman–Crippen MR) is 162 cm³/mol. The van der Waals surface area contributed by atoms with Gasteiger partial charge in [-0.3, -0.25) is 13.9 Å². The van der Waals surface area contributed by atoms with Crippen molar-refractivity contribution in [2.45, 2.75) is 52.2 Å². The van der Waals surface area contributed by atoms with Crippen LogP contribution < -0.4 is 9.62 Å². The second-order valence-electron chi connectivity index (χ2n) is 9.85. The fourth-order valence-corrected chi connectivity index (χ4v) is 5.60. The number of anilines is 1. The Morgan fingerprint density at radius 2 is 1.57 bits per heavy atom. The van der Waals surface area contributed by atoms with Crippen LogP contribution in [0.3, 0.4) is 0 Å². The van der Waals surface area contributed by atoms with Crippen LogP contribution in [0.15, 0.2) is 72.8 Å². The molecule has 2 amide bonds. The largest absolute Gasteiger partial charge is 0.352 e. The number of nitrogens with zero attached hydrogens (tertiary/aromatic N) is 2. The third-order valence-electron chi connectivity index (χ3n) is 6.63. The van der Waals surface area contributed by atoms with Crippen LogP contribution in [0.5, 0.6) is 0 Å². The van der Waals surface area contributed by atoms with Crippen molar-refractivity contribution in [2.24, 2.45) is 0 Å². The standard InChI is InChI=1S/C30H35Cl2N3O4S/c1-5-22(3)33-30(37)28(18-23-12-7-6-8-13-23)34(19-25-26(31)15-10-16-27(25)32)29(36)20-35(40(4,38)39)24-14-9-11-21(2)17-24/h6-17,22,28H,5,18-20H2,1-4H3,(H,33,37)/t22-,28+/m0/s1. The van der Waals surface area contributed by atoms with Crippen molar-refractivity contribution in [2.75, 3.05) is 17.1 Å². The molecule has 0 radical (unpaired) electrons. The Hall–Kier alpha value is -3.07. The molecule has 0 heterocycles. The van der Waals surface area contributed by atoms with Crippen LogP contribution in [0, 0.1) is 6.92 Å². The maximum Gasteiger partial charge on any atom is 0.244 e. The van der Waals surface area contributed by atoms with E-state index in [0.29, 0.717) is 27.7 Å². The zero-order valence-electron chi connectivity index (χ0n) is 23.1. The Labute approximate surface area is 247 Å². The molecule has 0 aromatic heterocycles. The number of carbonyl (C=O) groups excluding carboxylic acids is 2. The summed E-state index contributed by atoms with van der Waals surface area (Å²) in [4.78, 5) is 29.2. The number of amides is 2. The van der Waals surface area contributed by atoms with Crippen molar-refractivity contribution >= 4 is 50.7 Å². The average Bonchev–Trinajstić information content (AvgIpc) is 2.90. The molecule has 3 rings (SSSR count). The molecule has 0 saturated heterocycles. The van der Waals surface area contributed by atoms with E-state index in [1.807, 2.05) is 57.2 Å². The average molecular weight is 605 g/mol. The fourth-order valence-electron chi connectivity index (χ4n) is 4.25. The second-order valence-corrected chi connectivity index (χ2v) is 12.6. The first kappa shape index (κ1) is 31.5. The third kappa shape index (κ3) is 8.46. The van der Waals surface area contributed by atoms with Crippen LogP contribution in [0.1, 0.15) is 37.0 Å². The van der Waals surface area contributed by atoms with Crippen LogP contribution >= 0.6 is 23.2 Å². The topological polar surface area (TPSA) is 86.8 Å². The van der Waals surface area contributed by atoms with Gasteiger partial charge in [0.15, 0.2) is 0 Å². The molecule has 0 aliphatic rings. The lowest BCUT2D eigenvalue weighted by molar-refractivity contribution is -0.140. The lowest BCUT2D eigenvalue weighted by Gasteiger charge is -2.34. The molecule has 0 fully saturated rings. The van der Waals surface area contributed by atoms with Gasteiger partial charge in [-0.25, -0.2) is 8.42 Å². The molecule has 0 bridgehead atoms. The van der Waals surface area contributed by atoms with Gasteiger partial charge in [-0.1, -0.05) is 78.7 Å². The molecule has 0 spiro atoms. The van der Waals surface area contributed by atoms with E-state index in [9.17, 15) is 18.0 Å². The number of hydrogen-bond acceptors (Lipinski definition) is 4. The Bertz CT molecular complexity index is 1410. The highest BCUT2D eigenvalue weighted by atomic mass is 35.5. The molecule has 3 aromatic carbocycles. The molecule has 0 unspecified atom stereocenters. The van der Waals surface area contributed by atoms with Crippen LogP contribution in [-0.4, -0.2) is 50.0 Å². The minimum Gasteiger partial charge on any atom is -0.352 e. The lowest BCUT2D eigenvalue weighted by atomic mass is 10.0. The van der Waals surface area contributed by atoms with Crippen molar-refractivity contribution in [3.05, 3.63) is 99.5 Å². The van der Waals surface area contributed by atoms with Crippen molar-refractivity contribution in [3.8, 4) is 0 Å². The van der Waals surface area contributed by atoms with E-state index in [4.69, 9.17) is 23.2 Å². The quantitative estimate of drug-likeness (QED) is 0.291. The van der Waals surface area contributed by atoms with Crippen molar-refractivity contribution in [1.82, 2.24) is 10.2 Å². The number of aryl methyl sites for hydroxylation is 1. The van der Waals surface area contributed by atoms with Crippen LogP contribution in [0.4, 0.5) is 5.69 Å². The van der Waals surface area contributed by atoms with Gasteiger partial charge in [-0.15, -0.1) is 0 Å². The number of rotatable bonds is 12. The summed E-state index contributed by atoms with van der Waals surface area (Å²) in [5.74, 6) is -0.917. The van der Waals surface area contributed by atoms with Gasteiger partial charge in [0.05, 0.1) is 11.9 Å². The monoisotopic (exact) mass is 603 g/mol. The van der Waals surface area contributed by atoms with Crippen molar-refractivity contribution in [3.63, 3.8) is 0 Å². The van der Waals surface area contributed by atoms with E-state index in [-0.39, 0.29) is 24.9 Å². The SMILES string of the molecule is CC[C@H](C)NC(=O)[C@@H](Cc1ccccc1)N(Cc1c(Cl)cccc1Cl)C(=O)CN(c1cccc(C)c1)S(C)(=O)=O. The van der Waals surface area contributed by atoms with Gasteiger partial charge in [-0.2, -0.15) is 0 Å². The molecule has 0 aliphatic carbocycles. The van der Waals surface area contributed by atoms with Gasteiger partial charge < -0.3 is 10.2 Å². The van der Waals surface area contributed by atoms with Gasteiger partial charge in [0.25, 0.3) is 0 Å². The van der Waals surface area contributed by atoms with Gasteiger partial charge in [0.2, 0.25) is 21.8 Å². The normalized spacial score (nSPS) is 12.8. The minimum absolute atomic E-state index is 0.0891. The summed E-state index contributed by atoms with van der Waals surface area (Å²) in [5.41, 5.74) is 2.51. The van der Waals surface area contributed by atoms with E-state index in [1.165, 1.54) is 4.90 Å². The smallest absolute Gasteiger partial charge is 0.244 e. The van der Waals surface area contributed by atoms with Crippen LogP contribution in [0.25, 0.3) is 0 Å². The molecule has 40 heavy (non-hydrogen) atoms. The molecule has 7 nitrogen and oxygen atoms in total. The van der Waals surface area contributed by atoms with Gasteiger partial charge in [0.1, 0.15) is 12.6 Å². The minimum atomic E-state index is -3.85. The maximum absolute atomic E-state index is 14.1. The highest BCUT2D eigenvalue weighted by Gasteiger charge is 2.34. The molecule has 1 N–H and O–H groups in total. The molecule has 2 atom stereocenters. The van der Waals surface area contributed by atoms with Crippen LogP contribution in [0.2, 0.25) is 10.0 Å². The number of carbonyl (C=O) groups is 2. The lowest BCUT2D eigenvalue weighted by Crippen LogP contribution is -2.54. The van der Waals surface area contributed by atoms with Gasteiger partial charge in [-0.05, 0) is 55.7 Å². The zero-order chi connectivity index (χ0) is 29.4. The molecule has 0 aliphatic heterocycles. The highest BCUT2D eigenvalue weighted by molar-refractivity contribution is 7.92. The number of halogens is 2. The zero-order valence-corrected chi connectivity index (χ0v) is 25.4. The first-order valence-corrected chi connectivity index (χ1v) is 15.6. The summed E-state index contributed by atoms with van der Waals surface area (Å²) in [6.07, 6.45) is 1.96. The summed E-state index contributed by atoms with van der Waals surface area (Å²) in [5, 5.41) is 3.67.